The number of ether oxygens (including phenoxy) is 1. The molecule has 1 aliphatic rings. The summed E-state index contributed by atoms with van der Waals surface area (Å²) >= 11 is 0. The molecule has 5 nitrogen and oxygen atoms in total. The van der Waals surface area contributed by atoms with Crippen LogP contribution < -0.4 is 10.6 Å². The smallest absolute Gasteiger partial charge is 0.190 e. The van der Waals surface area contributed by atoms with Gasteiger partial charge in [0, 0.05) is 26.7 Å². The second kappa shape index (κ2) is 14.0. The molecule has 1 aromatic carbocycles. The van der Waals surface area contributed by atoms with Gasteiger partial charge in [0.1, 0.15) is 5.75 Å². The van der Waals surface area contributed by atoms with Crippen molar-refractivity contribution < 1.29 is 9.84 Å². The van der Waals surface area contributed by atoms with Crippen LogP contribution in [-0.4, -0.2) is 43.9 Å². The minimum atomic E-state index is 0. The highest BCUT2D eigenvalue weighted by atomic mass is 127. The van der Waals surface area contributed by atoms with Crippen LogP contribution in [0.15, 0.2) is 29.3 Å². The summed E-state index contributed by atoms with van der Waals surface area (Å²) in [7, 11) is 1.81. The van der Waals surface area contributed by atoms with E-state index in [1.54, 1.807) is 12.1 Å². The maximum Gasteiger partial charge on any atom is 0.190 e. The molecule has 0 saturated heterocycles. The summed E-state index contributed by atoms with van der Waals surface area (Å²) in [6, 6.07) is 7.42. The number of nitrogens with zero attached hydrogens (tertiary/aromatic N) is 1. The van der Waals surface area contributed by atoms with E-state index in [1.165, 1.54) is 31.2 Å². The first kappa shape index (κ1) is 24.0. The van der Waals surface area contributed by atoms with Crippen LogP contribution in [0.5, 0.6) is 5.75 Å². The number of aliphatic imine (C=N–C) groups is 1. The molecule has 1 aromatic rings. The number of hydrogen-bond donors (Lipinski definition) is 3. The third-order valence-corrected chi connectivity index (χ3v) is 5.12. The molecule has 0 heterocycles. The van der Waals surface area contributed by atoms with Crippen molar-refractivity contribution in [1.29, 1.82) is 0 Å². The Morgan fingerprint density at radius 2 is 1.85 bits per heavy atom. The molecule has 0 spiro atoms. The fourth-order valence-corrected chi connectivity index (χ4v) is 3.71. The summed E-state index contributed by atoms with van der Waals surface area (Å²) in [5, 5.41) is 16.1. The van der Waals surface area contributed by atoms with E-state index < -0.39 is 0 Å². The Morgan fingerprint density at radius 1 is 1.19 bits per heavy atom. The minimum Gasteiger partial charge on any atom is -0.508 e. The number of aryl methyl sites for hydroxylation is 1. The highest BCUT2D eigenvalue weighted by Gasteiger charge is 2.24. The van der Waals surface area contributed by atoms with Gasteiger partial charge in [0.05, 0.1) is 6.10 Å². The van der Waals surface area contributed by atoms with Gasteiger partial charge in [-0.2, -0.15) is 0 Å². The molecule has 0 aliphatic heterocycles. The molecule has 1 aliphatic carbocycles. The zero-order valence-electron chi connectivity index (χ0n) is 16.7. The Balaban J connectivity index is 0.00000364. The summed E-state index contributed by atoms with van der Waals surface area (Å²) in [5.41, 5.74) is 1.24. The molecule has 0 radical (unpaired) electrons. The minimum absolute atomic E-state index is 0. The zero-order chi connectivity index (χ0) is 18.6. The highest BCUT2D eigenvalue weighted by molar-refractivity contribution is 14.0. The molecule has 2 rings (SSSR count). The number of phenolic OH excluding ortho intramolecular Hbond substituents is 1. The average Bonchev–Trinajstić information content (AvgIpc) is 3.19. The Hall–Kier alpha value is -1.02. The monoisotopic (exact) mass is 489 g/mol. The van der Waals surface area contributed by atoms with E-state index in [0.29, 0.717) is 11.9 Å². The fraction of sp³-hybridized carbons (Fsp3) is 0.667. The second-order valence-corrected chi connectivity index (χ2v) is 7.02. The van der Waals surface area contributed by atoms with Crippen molar-refractivity contribution in [3.8, 4) is 5.75 Å². The van der Waals surface area contributed by atoms with Gasteiger partial charge < -0.3 is 20.5 Å². The third kappa shape index (κ3) is 9.14. The second-order valence-electron chi connectivity index (χ2n) is 7.02. The lowest BCUT2D eigenvalue weighted by molar-refractivity contribution is 0.0169. The maximum absolute atomic E-state index is 9.31. The molecule has 27 heavy (non-hydrogen) atoms. The summed E-state index contributed by atoms with van der Waals surface area (Å²) in [5.74, 6) is 1.91. The van der Waals surface area contributed by atoms with Crippen LogP contribution in [0.1, 0.15) is 51.0 Å². The molecule has 3 N–H and O–H groups in total. The topological polar surface area (TPSA) is 65.9 Å². The molecule has 1 saturated carbocycles. The van der Waals surface area contributed by atoms with E-state index in [2.05, 4.69) is 22.5 Å². The molecule has 1 atom stereocenters. The fourth-order valence-electron chi connectivity index (χ4n) is 3.71. The number of aromatic hydroxyl groups is 1. The normalized spacial score (nSPS) is 16.0. The van der Waals surface area contributed by atoms with Crippen LogP contribution >= 0.6 is 24.0 Å². The molecular weight excluding hydrogens is 453 g/mol. The van der Waals surface area contributed by atoms with Crippen LogP contribution in [-0.2, 0) is 11.2 Å². The van der Waals surface area contributed by atoms with Crippen molar-refractivity contribution in [2.75, 3.05) is 26.7 Å². The van der Waals surface area contributed by atoms with Gasteiger partial charge in [0.2, 0.25) is 0 Å². The van der Waals surface area contributed by atoms with Crippen LogP contribution in [0.2, 0.25) is 0 Å². The summed E-state index contributed by atoms with van der Waals surface area (Å²) in [6.07, 6.45) is 8.75. The maximum atomic E-state index is 9.31. The van der Waals surface area contributed by atoms with Gasteiger partial charge in [-0.15, -0.1) is 24.0 Å². The van der Waals surface area contributed by atoms with E-state index in [0.717, 1.165) is 50.8 Å². The molecule has 1 unspecified atom stereocenters. The lowest BCUT2D eigenvalue weighted by Gasteiger charge is -2.24. The van der Waals surface area contributed by atoms with Crippen molar-refractivity contribution >= 4 is 29.9 Å². The number of rotatable bonds is 10. The summed E-state index contributed by atoms with van der Waals surface area (Å²) in [6.45, 7) is 4.65. The largest absolute Gasteiger partial charge is 0.508 e. The molecule has 0 bridgehead atoms. The molecule has 6 heteroatoms. The van der Waals surface area contributed by atoms with Crippen molar-refractivity contribution in [1.82, 2.24) is 10.6 Å². The standard InChI is InChI=1S/C21H35N3O2.HI/c1-3-26-20(18-8-4-5-9-18)14-16-24-21(22-2)23-15-6-7-17-10-12-19(25)13-11-17;/h10-13,18,20,25H,3-9,14-16H2,1-2H3,(H2,22,23,24);1H. The number of nitrogens with one attached hydrogen (secondary N) is 2. The van der Waals surface area contributed by atoms with Gasteiger partial charge in [-0.1, -0.05) is 25.0 Å². The van der Waals surface area contributed by atoms with Gasteiger partial charge in [-0.25, -0.2) is 0 Å². The lowest BCUT2D eigenvalue weighted by Crippen LogP contribution is -2.40. The third-order valence-electron chi connectivity index (χ3n) is 5.12. The number of phenols is 1. The van der Waals surface area contributed by atoms with Crippen LogP contribution in [0.25, 0.3) is 0 Å². The first-order valence-electron chi connectivity index (χ1n) is 10.1. The lowest BCUT2D eigenvalue weighted by atomic mass is 9.98. The zero-order valence-corrected chi connectivity index (χ0v) is 19.1. The van der Waals surface area contributed by atoms with Crippen molar-refractivity contribution in [3.05, 3.63) is 29.8 Å². The van der Waals surface area contributed by atoms with Gasteiger partial charge in [0.25, 0.3) is 0 Å². The van der Waals surface area contributed by atoms with Crippen LogP contribution in [0.4, 0.5) is 0 Å². The molecule has 0 aromatic heterocycles. The SMILES string of the molecule is CCOC(CCNC(=NC)NCCCc1ccc(O)cc1)C1CCCC1.I. The predicted octanol–water partition coefficient (Wildman–Crippen LogP) is 4.09. The Morgan fingerprint density at radius 3 is 2.48 bits per heavy atom. The first-order chi connectivity index (χ1) is 12.7. The Labute approximate surface area is 181 Å². The summed E-state index contributed by atoms with van der Waals surface area (Å²) < 4.78 is 5.98. The highest BCUT2D eigenvalue weighted by Crippen LogP contribution is 2.30. The Kier molecular flexibility index (Phi) is 12.5. The van der Waals surface area contributed by atoms with Gasteiger partial charge in [0.15, 0.2) is 5.96 Å². The van der Waals surface area contributed by atoms with E-state index in [4.69, 9.17) is 4.74 Å². The van der Waals surface area contributed by atoms with Crippen molar-refractivity contribution in [3.63, 3.8) is 0 Å². The molecule has 0 amide bonds. The number of hydrogen-bond acceptors (Lipinski definition) is 3. The van der Waals surface area contributed by atoms with Gasteiger partial charge in [-0.05, 0) is 62.6 Å². The van der Waals surface area contributed by atoms with Crippen LogP contribution in [0.3, 0.4) is 0 Å². The van der Waals surface area contributed by atoms with E-state index >= 15 is 0 Å². The molecular formula is C21H36IN3O2. The summed E-state index contributed by atoms with van der Waals surface area (Å²) in [4.78, 5) is 4.31. The van der Waals surface area contributed by atoms with Gasteiger partial charge in [-0.3, -0.25) is 4.99 Å². The predicted molar refractivity (Wildman–Crippen MR) is 123 cm³/mol. The van der Waals surface area contributed by atoms with Gasteiger partial charge >= 0.3 is 0 Å². The number of guanidine groups is 1. The van der Waals surface area contributed by atoms with Crippen molar-refractivity contribution in [2.24, 2.45) is 10.9 Å². The van der Waals surface area contributed by atoms with E-state index in [-0.39, 0.29) is 24.0 Å². The Bertz CT molecular complexity index is 531. The number of halogens is 1. The van der Waals surface area contributed by atoms with Crippen molar-refractivity contribution in [2.45, 2.75) is 58.0 Å². The number of benzene rings is 1. The van der Waals surface area contributed by atoms with Crippen LogP contribution in [0, 0.1) is 5.92 Å². The van der Waals surface area contributed by atoms with E-state index in [9.17, 15) is 5.11 Å². The molecule has 1 fully saturated rings. The molecule has 154 valence electrons. The first-order valence-corrected chi connectivity index (χ1v) is 10.1. The van der Waals surface area contributed by atoms with E-state index in [1.807, 2.05) is 19.2 Å². The average molecular weight is 489 g/mol. The quantitative estimate of drug-likeness (QED) is 0.201.